The highest BCUT2D eigenvalue weighted by atomic mass is 32.1. The van der Waals surface area contributed by atoms with Gasteiger partial charge in [0, 0.05) is 10.4 Å². The number of carbonyl (C=O) groups is 2. The number of thiophene rings is 1. The van der Waals surface area contributed by atoms with E-state index in [1.165, 1.54) is 39.3 Å². The number of fused-ring (bicyclic) bond motifs is 2. The standard InChI is InChI=1S/C20H20O3S/c1-12(19(21)16-9-8-13-4-2-5-14(13)10-16)23-20(22)18-11-15-6-3-7-17(15)24-18/h8-12H,2-7H2,1H3/t12-/m0/s1. The second kappa shape index (κ2) is 6.17. The van der Waals surface area contributed by atoms with E-state index in [0.717, 1.165) is 32.1 Å². The van der Waals surface area contributed by atoms with Gasteiger partial charge in [-0.05, 0) is 74.3 Å². The SMILES string of the molecule is C[C@H](OC(=O)c1cc2c(s1)CCC2)C(=O)c1ccc2c(c1)CCC2. The third-order valence-electron chi connectivity index (χ3n) is 4.98. The van der Waals surface area contributed by atoms with Gasteiger partial charge in [-0.3, -0.25) is 4.79 Å². The summed E-state index contributed by atoms with van der Waals surface area (Å²) in [6, 6.07) is 7.79. The third-order valence-corrected chi connectivity index (χ3v) is 6.20. The summed E-state index contributed by atoms with van der Waals surface area (Å²) in [5.74, 6) is -0.501. The summed E-state index contributed by atoms with van der Waals surface area (Å²) in [5.41, 5.74) is 4.51. The molecule has 0 bridgehead atoms. The summed E-state index contributed by atoms with van der Waals surface area (Å²) in [4.78, 5) is 26.8. The molecule has 1 heterocycles. The summed E-state index contributed by atoms with van der Waals surface area (Å²) in [5, 5.41) is 0. The number of benzene rings is 1. The van der Waals surface area contributed by atoms with Crippen LogP contribution < -0.4 is 0 Å². The molecule has 0 spiro atoms. The highest BCUT2D eigenvalue weighted by Gasteiger charge is 2.24. The van der Waals surface area contributed by atoms with Crippen LogP contribution in [0.1, 0.15) is 61.4 Å². The summed E-state index contributed by atoms with van der Waals surface area (Å²) in [6.45, 7) is 1.66. The Morgan fingerprint density at radius 3 is 2.58 bits per heavy atom. The lowest BCUT2D eigenvalue weighted by molar-refractivity contribution is 0.0323. The Hall–Kier alpha value is -1.94. The molecule has 124 valence electrons. The second-order valence-electron chi connectivity index (χ2n) is 6.66. The number of rotatable bonds is 4. The van der Waals surface area contributed by atoms with Crippen LogP contribution in [0.5, 0.6) is 0 Å². The van der Waals surface area contributed by atoms with Crippen LogP contribution in [0.3, 0.4) is 0 Å². The highest BCUT2D eigenvalue weighted by molar-refractivity contribution is 7.14. The van der Waals surface area contributed by atoms with E-state index in [-0.39, 0.29) is 11.8 Å². The van der Waals surface area contributed by atoms with E-state index in [2.05, 4.69) is 0 Å². The minimum Gasteiger partial charge on any atom is -0.450 e. The topological polar surface area (TPSA) is 43.4 Å². The Labute approximate surface area is 145 Å². The van der Waals surface area contributed by atoms with Gasteiger partial charge in [-0.1, -0.05) is 12.1 Å². The monoisotopic (exact) mass is 340 g/mol. The molecule has 0 fully saturated rings. The molecule has 4 heteroatoms. The van der Waals surface area contributed by atoms with Crippen molar-refractivity contribution in [2.45, 2.75) is 51.6 Å². The molecule has 3 nitrogen and oxygen atoms in total. The van der Waals surface area contributed by atoms with Gasteiger partial charge in [-0.25, -0.2) is 4.79 Å². The fraction of sp³-hybridized carbons (Fsp3) is 0.400. The van der Waals surface area contributed by atoms with E-state index in [4.69, 9.17) is 4.74 Å². The smallest absolute Gasteiger partial charge is 0.349 e. The molecule has 0 saturated heterocycles. The summed E-state index contributed by atoms with van der Waals surface area (Å²) in [7, 11) is 0. The van der Waals surface area contributed by atoms with Crippen LogP contribution in [0.2, 0.25) is 0 Å². The van der Waals surface area contributed by atoms with E-state index >= 15 is 0 Å². The number of aryl methyl sites for hydroxylation is 4. The summed E-state index contributed by atoms with van der Waals surface area (Å²) >= 11 is 1.51. The molecule has 0 radical (unpaired) electrons. The number of hydrogen-bond acceptors (Lipinski definition) is 4. The van der Waals surface area contributed by atoms with Gasteiger partial charge < -0.3 is 4.74 Å². The Bertz CT molecular complexity index is 797. The Balaban J connectivity index is 1.45. The lowest BCUT2D eigenvalue weighted by atomic mass is 10.0. The molecule has 1 atom stereocenters. The van der Waals surface area contributed by atoms with Crippen LogP contribution >= 0.6 is 11.3 Å². The minimum atomic E-state index is -0.756. The van der Waals surface area contributed by atoms with E-state index in [9.17, 15) is 9.59 Å². The number of carbonyl (C=O) groups excluding carboxylic acids is 2. The zero-order chi connectivity index (χ0) is 16.7. The van der Waals surface area contributed by atoms with Crippen LogP contribution in [0.25, 0.3) is 0 Å². The first kappa shape index (κ1) is 15.6. The van der Waals surface area contributed by atoms with Crippen molar-refractivity contribution in [1.29, 1.82) is 0 Å². The first-order valence-corrected chi connectivity index (χ1v) is 9.42. The van der Waals surface area contributed by atoms with E-state index in [1.54, 1.807) is 6.92 Å². The van der Waals surface area contributed by atoms with Gasteiger partial charge in [0.05, 0.1) is 0 Å². The van der Waals surface area contributed by atoms with Gasteiger partial charge in [0.15, 0.2) is 6.10 Å². The van der Waals surface area contributed by atoms with Crippen LogP contribution in [0, 0.1) is 0 Å². The van der Waals surface area contributed by atoms with E-state index in [0.29, 0.717) is 10.4 Å². The van der Waals surface area contributed by atoms with E-state index < -0.39 is 6.10 Å². The van der Waals surface area contributed by atoms with Gasteiger partial charge in [-0.15, -0.1) is 11.3 Å². The lowest BCUT2D eigenvalue weighted by Gasteiger charge is -2.12. The zero-order valence-corrected chi connectivity index (χ0v) is 14.6. The fourth-order valence-electron chi connectivity index (χ4n) is 3.66. The number of hydrogen-bond donors (Lipinski definition) is 0. The average Bonchev–Trinajstić information content (AvgIpc) is 3.28. The molecule has 1 aromatic carbocycles. The van der Waals surface area contributed by atoms with Crippen molar-refractivity contribution in [3.05, 3.63) is 56.3 Å². The average molecular weight is 340 g/mol. The van der Waals surface area contributed by atoms with Gasteiger partial charge in [0.1, 0.15) is 4.88 Å². The number of Topliss-reactive ketones (excluding diaryl/α,β-unsaturated/α-hetero) is 1. The van der Waals surface area contributed by atoms with Crippen molar-refractivity contribution < 1.29 is 14.3 Å². The van der Waals surface area contributed by atoms with Crippen LogP contribution in [-0.4, -0.2) is 17.9 Å². The molecule has 4 rings (SSSR count). The second-order valence-corrected chi connectivity index (χ2v) is 7.80. The largest absolute Gasteiger partial charge is 0.450 e. The Morgan fingerprint density at radius 1 is 1.00 bits per heavy atom. The third kappa shape index (κ3) is 2.80. The summed E-state index contributed by atoms with van der Waals surface area (Å²) in [6.07, 6.45) is 5.79. The van der Waals surface area contributed by atoms with Gasteiger partial charge >= 0.3 is 5.97 Å². The predicted octanol–water partition coefficient (Wildman–Crippen LogP) is 4.15. The minimum absolute atomic E-state index is 0.123. The molecule has 0 aliphatic heterocycles. The Morgan fingerprint density at radius 2 is 1.75 bits per heavy atom. The molecule has 2 aliphatic carbocycles. The maximum Gasteiger partial charge on any atom is 0.349 e. The molecule has 24 heavy (non-hydrogen) atoms. The first-order valence-electron chi connectivity index (χ1n) is 8.60. The first-order chi connectivity index (χ1) is 11.6. The van der Waals surface area contributed by atoms with Gasteiger partial charge in [-0.2, -0.15) is 0 Å². The van der Waals surface area contributed by atoms with Gasteiger partial charge in [0.2, 0.25) is 5.78 Å². The molecule has 2 aliphatic rings. The summed E-state index contributed by atoms with van der Waals surface area (Å²) < 4.78 is 5.43. The maximum absolute atomic E-state index is 12.6. The molecule has 0 amide bonds. The van der Waals surface area contributed by atoms with Crippen LogP contribution in [0.4, 0.5) is 0 Å². The van der Waals surface area contributed by atoms with Gasteiger partial charge in [0.25, 0.3) is 0 Å². The molecular formula is C20H20O3S. The van der Waals surface area contributed by atoms with Crippen molar-refractivity contribution in [2.24, 2.45) is 0 Å². The molecule has 0 unspecified atom stereocenters. The number of ketones is 1. The molecule has 2 aromatic rings. The normalized spacial score (nSPS) is 16.5. The van der Waals surface area contributed by atoms with E-state index in [1.807, 2.05) is 24.3 Å². The lowest BCUT2D eigenvalue weighted by Crippen LogP contribution is -2.24. The van der Waals surface area contributed by atoms with Crippen LogP contribution in [0.15, 0.2) is 24.3 Å². The van der Waals surface area contributed by atoms with Crippen LogP contribution in [-0.2, 0) is 30.4 Å². The molecule has 0 saturated carbocycles. The quantitative estimate of drug-likeness (QED) is 0.620. The highest BCUT2D eigenvalue weighted by Crippen LogP contribution is 2.31. The van der Waals surface area contributed by atoms with Crippen molar-refractivity contribution in [2.75, 3.05) is 0 Å². The zero-order valence-electron chi connectivity index (χ0n) is 13.8. The Kier molecular flexibility index (Phi) is 4.01. The van der Waals surface area contributed by atoms with Crippen molar-refractivity contribution in [3.8, 4) is 0 Å². The van der Waals surface area contributed by atoms with Crippen molar-refractivity contribution in [1.82, 2.24) is 0 Å². The van der Waals surface area contributed by atoms with Crippen molar-refractivity contribution >= 4 is 23.1 Å². The fourth-order valence-corrected chi connectivity index (χ4v) is 4.80. The number of esters is 1. The molecular weight excluding hydrogens is 320 g/mol. The molecule has 0 N–H and O–H groups in total. The number of ether oxygens (including phenoxy) is 1. The molecule has 1 aromatic heterocycles. The maximum atomic E-state index is 12.6. The van der Waals surface area contributed by atoms with Crippen molar-refractivity contribution in [3.63, 3.8) is 0 Å². The predicted molar refractivity (Wildman–Crippen MR) is 94.0 cm³/mol.